The van der Waals surface area contributed by atoms with Crippen molar-refractivity contribution in [1.82, 2.24) is 0 Å². The van der Waals surface area contributed by atoms with Crippen LogP contribution in [0, 0.1) is 0 Å². The molecule has 0 amide bonds. The fourth-order valence-electron chi connectivity index (χ4n) is 6.53. The van der Waals surface area contributed by atoms with Gasteiger partial charge < -0.3 is 47.4 Å². The van der Waals surface area contributed by atoms with Gasteiger partial charge in [-0.2, -0.15) is 0 Å². The lowest BCUT2D eigenvalue weighted by Gasteiger charge is -2.14. The molecule has 0 unspecified atom stereocenters. The van der Waals surface area contributed by atoms with E-state index in [1.165, 1.54) is 36.4 Å². The van der Waals surface area contributed by atoms with E-state index in [9.17, 15) is 19.2 Å². The van der Waals surface area contributed by atoms with E-state index in [0.29, 0.717) is 98.1 Å². The number of carbonyl (C=O) groups is 4. The smallest absolute Gasteiger partial charge is 0.347 e. The number of hydrogen-bond acceptors (Lipinski definition) is 14. The highest BCUT2D eigenvalue weighted by Gasteiger charge is 2.21. The van der Waals surface area contributed by atoms with E-state index in [1.54, 1.807) is 97.1 Å². The molecule has 354 valence electrons. The summed E-state index contributed by atoms with van der Waals surface area (Å²) < 4.78 is 56.7. The van der Waals surface area contributed by atoms with Gasteiger partial charge in [0.05, 0.1) is 50.8 Å². The lowest BCUT2D eigenvalue weighted by atomic mass is 10.1. The molecule has 6 aromatic rings. The molecule has 0 atom stereocenters. The minimum absolute atomic E-state index is 0.118. The summed E-state index contributed by atoms with van der Waals surface area (Å²) in [5.74, 6) is 1.46. The van der Waals surface area contributed by atoms with Gasteiger partial charge in [0.15, 0.2) is 0 Å². The molecular formula is C54H54O14. The first-order valence-corrected chi connectivity index (χ1v) is 22.5. The first kappa shape index (κ1) is 49.4. The Morgan fingerprint density at radius 1 is 0.309 bits per heavy atom. The fourth-order valence-corrected chi connectivity index (χ4v) is 6.53. The van der Waals surface area contributed by atoms with Crippen LogP contribution in [-0.4, -0.2) is 63.5 Å². The molecule has 0 N–H and O–H groups in total. The zero-order valence-corrected chi connectivity index (χ0v) is 38.5. The van der Waals surface area contributed by atoms with E-state index >= 15 is 0 Å². The lowest BCUT2D eigenvalue weighted by Crippen LogP contribution is -2.14. The monoisotopic (exact) mass is 926 g/mol. The number of carbonyl (C=O) groups excluding carboxylic acids is 4. The molecule has 0 aliphatic carbocycles. The quantitative estimate of drug-likeness (QED) is 0.0303. The average Bonchev–Trinajstić information content (AvgIpc) is 3.35. The minimum atomic E-state index is -0.677. The highest BCUT2D eigenvalue weighted by atomic mass is 16.6. The third kappa shape index (κ3) is 14.8. The largest absolute Gasteiger partial charge is 0.494 e. The van der Waals surface area contributed by atoms with Gasteiger partial charge in [-0.05, 0) is 187 Å². The molecule has 68 heavy (non-hydrogen) atoms. The zero-order valence-electron chi connectivity index (χ0n) is 38.5. The number of esters is 4. The van der Waals surface area contributed by atoms with Gasteiger partial charge in [0.1, 0.15) is 68.6 Å². The second-order valence-corrected chi connectivity index (χ2v) is 14.7. The summed E-state index contributed by atoms with van der Waals surface area (Å²) in [5, 5.41) is 0. The second kappa shape index (κ2) is 25.6. The third-order valence-corrected chi connectivity index (χ3v) is 9.81. The van der Waals surface area contributed by atoms with Gasteiger partial charge in [-0.15, -0.1) is 0 Å². The number of hydrogen-bond donors (Lipinski definition) is 0. The van der Waals surface area contributed by atoms with Crippen LogP contribution in [0.25, 0.3) is 0 Å². The van der Waals surface area contributed by atoms with Gasteiger partial charge in [0, 0.05) is 0 Å². The standard InChI is InChI=1S/C54H54O14/c1-5-59-39-15-23-43(24-16-39)65-51(55)37-13-31-47(53(57)67-45-27-19-41(20-28-45)61-7-3)49(35-37)63-33-11-9-10-12-34-64-50-36-38(52(56)66-44-25-17-40(18-26-44)60-6-2)14-32-48(50)54(58)68-46-29-21-42(22-30-46)62-8-4/h13-32,35-36H,5-12,33-34H2,1-4H3. The number of unbranched alkanes of at least 4 members (excludes halogenated alkanes) is 3. The summed E-state index contributed by atoms with van der Waals surface area (Å²) in [7, 11) is 0. The molecule has 0 radical (unpaired) electrons. The van der Waals surface area contributed by atoms with Crippen LogP contribution in [-0.2, 0) is 0 Å². The molecule has 6 aromatic carbocycles. The number of rotatable bonds is 25. The molecule has 0 fully saturated rings. The van der Waals surface area contributed by atoms with Gasteiger partial charge in [-0.25, -0.2) is 19.2 Å². The molecule has 0 heterocycles. The predicted molar refractivity (Wildman–Crippen MR) is 253 cm³/mol. The fraction of sp³-hybridized carbons (Fsp3) is 0.259. The predicted octanol–water partition coefficient (Wildman–Crippen LogP) is 11.2. The Morgan fingerprint density at radius 2 is 0.574 bits per heavy atom. The molecular weight excluding hydrogens is 873 g/mol. The molecule has 0 spiro atoms. The van der Waals surface area contributed by atoms with Crippen molar-refractivity contribution in [3.63, 3.8) is 0 Å². The van der Waals surface area contributed by atoms with E-state index in [2.05, 4.69) is 0 Å². The molecule has 14 heteroatoms. The van der Waals surface area contributed by atoms with E-state index in [-0.39, 0.29) is 47.0 Å². The van der Waals surface area contributed by atoms with Crippen molar-refractivity contribution >= 4 is 23.9 Å². The molecule has 6 rings (SSSR count). The highest BCUT2D eigenvalue weighted by molar-refractivity contribution is 5.98. The molecule has 0 saturated heterocycles. The topological polar surface area (TPSA) is 161 Å². The molecule has 0 aliphatic heterocycles. The first-order chi connectivity index (χ1) is 33.2. The molecule has 0 aliphatic rings. The Hall–Kier alpha value is -8.00. The summed E-state index contributed by atoms with van der Waals surface area (Å²) in [6, 6.07) is 35.4. The van der Waals surface area contributed by atoms with Crippen molar-refractivity contribution in [3.8, 4) is 57.5 Å². The van der Waals surface area contributed by atoms with Crippen molar-refractivity contribution in [2.24, 2.45) is 0 Å². The van der Waals surface area contributed by atoms with E-state index in [4.69, 9.17) is 47.4 Å². The van der Waals surface area contributed by atoms with Gasteiger partial charge in [0.25, 0.3) is 0 Å². The van der Waals surface area contributed by atoms with Gasteiger partial charge in [-0.1, -0.05) is 0 Å². The maximum absolute atomic E-state index is 13.5. The van der Waals surface area contributed by atoms with Crippen LogP contribution in [0.5, 0.6) is 57.5 Å². The van der Waals surface area contributed by atoms with Crippen LogP contribution in [0.1, 0.15) is 94.8 Å². The first-order valence-electron chi connectivity index (χ1n) is 22.5. The summed E-state index contributed by atoms with van der Waals surface area (Å²) >= 11 is 0. The SMILES string of the molecule is CCOc1ccc(OC(=O)c2ccc(C(=O)Oc3ccc(OCC)cc3)c(OCCCCCCOc3cc(C(=O)Oc4ccc(OCC)cc4)ccc3C(=O)Oc3ccc(OCC)cc3)c2)cc1. The number of ether oxygens (including phenoxy) is 10. The Balaban J connectivity index is 1.07. The second-order valence-electron chi connectivity index (χ2n) is 14.7. The van der Waals surface area contributed by atoms with Crippen molar-refractivity contribution in [3.05, 3.63) is 156 Å². The van der Waals surface area contributed by atoms with Crippen molar-refractivity contribution in [2.45, 2.75) is 53.4 Å². The summed E-state index contributed by atoms with van der Waals surface area (Å²) in [6.45, 7) is 9.91. The van der Waals surface area contributed by atoms with Crippen LogP contribution in [0.4, 0.5) is 0 Å². The van der Waals surface area contributed by atoms with Crippen molar-refractivity contribution in [1.29, 1.82) is 0 Å². The zero-order chi connectivity index (χ0) is 48.1. The van der Waals surface area contributed by atoms with E-state index in [0.717, 1.165) is 0 Å². The molecule has 0 aromatic heterocycles. The Labute approximate surface area is 395 Å². The van der Waals surface area contributed by atoms with Crippen LogP contribution in [0.3, 0.4) is 0 Å². The molecule has 0 saturated carbocycles. The van der Waals surface area contributed by atoms with Crippen molar-refractivity contribution < 1.29 is 66.5 Å². The van der Waals surface area contributed by atoms with Crippen LogP contribution in [0.15, 0.2) is 133 Å². The summed E-state index contributed by atoms with van der Waals surface area (Å²) in [5.41, 5.74) is 0.569. The van der Waals surface area contributed by atoms with Crippen LogP contribution < -0.4 is 47.4 Å². The normalized spacial score (nSPS) is 10.6. The Morgan fingerprint density at radius 3 is 0.853 bits per heavy atom. The van der Waals surface area contributed by atoms with Gasteiger partial charge in [-0.3, -0.25) is 0 Å². The van der Waals surface area contributed by atoms with E-state index in [1.807, 2.05) is 27.7 Å². The maximum atomic E-state index is 13.5. The van der Waals surface area contributed by atoms with Crippen LogP contribution >= 0.6 is 0 Å². The number of benzene rings is 6. The van der Waals surface area contributed by atoms with Crippen molar-refractivity contribution in [2.75, 3.05) is 39.6 Å². The Kier molecular flexibility index (Phi) is 18.6. The van der Waals surface area contributed by atoms with Crippen LogP contribution in [0.2, 0.25) is 0 Å². The van der Waals surface area contributed by atoms with E-state index < -0.39 is 23.9 Å². The van der Waals surface area contributed by atoms with Gasteiger partial charge in [0.2, 0.25) is 0 Å². The summed E-state index contributed by atoms with van der Waals surface area (Å²) in [4.78, 5) is 53.4. The summed E-state index contributed by atoms with van der Waals surface area (Å²) in [6.07, 6.45) is 2.58. The Bertz CT molecular complexity index is 2390. The van der Waals surface area contributed by atoms with Gasteiger partial charge >= 0.3 is 23.9 Å². The molecule has 0 bridgehead atoms. The maximum Gasteiger partial charge on any atom is 0.347 e. The highest BCUT2D eigenvalue weighted by Crippen LogP contribution is 2.29. The average molecular weight is 927 g/mol. The minimum Gasteiger partial charge on any atom is -0.494 e. The molecule has 14 nitrogen and oxygen atoms in total. The lowest BCUT2D eigenvalue weighted by molar-refractivity contribution is 0.0715. The third-order valence-electron chi connectivity index (χ3n) is 9.81.